The Balaban J connectivity index is 1.78. The maximum Gasteiger partial charge on any atom is 0.252 e. The van der Waals surface area contributed by atoms with Gasteiger partial charge in [-0.3, -0.25) is 4.79 Å². The molecule has 0 aliphatic heterocycles. The molecule has 3 rings (SSSR count). The molecule has 0 spiro atoms. The predicted octanol–water partition coefficient (Wildman–Crippen LogP) is 4.75. The van der Waals surface area contributed by atoms with E-state index >= 15 is 0 Å². The first kappa shape index (κ1) is 17.0. The summed E-state index contributed by atoms with van der Waals surface area (Å²) in [5.74, 6) is -1.77. The van der Waals surface area contributed by atoms with Crippen molar-refractivity contribution in [2.45, 2.75) is 36.1 Å². The lowest BCUT2D eigenvalue weighted by molar-refractivity contribution is 0.0931. The topological polar surface area (TPSA) is 29.1 Å². The van der Waals surface area contributed by atoms with Gasteiger partial charge in [0.1, 0.15) is 0 Å². The molecule has 126 valence electrons. The molecule has 5 heteroatoms. The van der Waals surface area contributed by atoms with Crippen LogP contribution in [0.4, 0.5) is 8.78 Å². The fraction of sp³-hybridized carbons (Fsp3) is 0.316. The van der Waals surface area contributed by atoms with Crippen molar-refractivity contribution in [1.29, 1.82) is 0 Å². The van der Waals surface area contributed by atoms with Crippen LogP contribution in [0.25, 0.3) is 0 Å². The number of rotatable bonds is 4. The molecule has 24 heavy (non-hydrogen) atoms. The Morgan fingerprint density at radius 1 is 1.12 bits per heavy atom. The van der Waals surface area contributed by atoms with Crippen molar-refractivity contribution >= 4 is 17.7 Å². The van der Waals surface area contributed by atoms with Crippen LogP contribution < -0.4 is 5.32 Å². The van der Waals surface area contributed by atoms with Gasteiger partial charge in [-0.2, -0.15) is 0 Å². The summed E-state index contributed by atoms with van der Waals surface area (Å²) in [6.45, 7) is 0. The first-order chi connectivity index (χ1) is 11.6. The van der Waals surface area contributed by atoms with E-state index in [1.165, 1.54) is 17.8 Å². The number of halogens is 2. The summed E-state index contributed by atoms with van der Waals surface area (Å²) in [4.78, 5) is 13.5. The lowest BCUT2D eigenvalue weighted by Gasteiger charge is -2.22. The summed E-state index contributed by atoms with van der Waals surface area (Å²) >= 11 is 1.53. The molecule has 1 saturated carbocycles. The second-order valence-electron chi connectivity index (χ2n) is 5.99. The van der Waals surface area contributed by atoms with Gasteiger partial charge < -0.3 is 5.32 Å². The van der Waals surface area contributed by atoms with Crippen LogP contribution in [0, 0.1) is 11.6 Å². The van der Waals surface area contributed by atoms with Crippen LogP contribution in [0.3, 0.4) is 0 Å². The van der Waals surface area contributed by atoms with E-state index in [2.05, 4.69) is 5.32 Å². The zero-order valence-corrected chi connectivity index (χ0v) is 14.2. The molecular weight excluding hydrogens is 328 g/mol. The molecule has 1 fully saturated rings. The Kier molecular flexibility index (Phi) is 5.19. The quantitative estimate of drug-likeness (QED) is 0.809. The van der Waals surface area contributed by atoms with E-state index < -0.39 is 11.6 Å². The maximum atomic E-state index is 13.5. The minimum atomic E-state index is -0.841. The highest BCUT2D eigenvalue weighted by Gasteiger charge is 2.31. The van der Waals surface area contributed by atoms with Gasteiger partial charge in [-0.25, -0.2) is 8.78 Å². The van der Waals surface area contributed by atoms with Gasteiger partial charge in [-0.1, -0.05) is 24.6 Å². The summed E-state index contributed by atoms with van der Waals surface area (Å²) in [7, 11) is 0. The lowest BCUT2D eigenvalue weighted by Crippen LogP contribution is -2.36. The Morgan fingerprint density at radius 2 is 1.92 bits per heavy atom. The Hall–Kier alpha value is -1.88. The van der Waals surface area contributed by atoms with Gasteiger partial charge in [0.25, 0.3) is 5.91 Å². The van der Waals surface area contributed by atoms with Gasteiger partial charge in [-0.15, -0.1) is 11.8 Å². The predicted molar refractivity (Wildman–Crippen MR) is 92.4 cm³/mol. The highest BCUT2D eigenvalue weighted by atomic mass is 32.2. The lowest BCUT2D eigenvalue weighted by atomic mass is 9.93. The Labute approximate surface area is 144 Å². The van der Waals surface area contributed by atoms with Crippen molar-refractivity contribution in [3.8, 4) is 0 Å². The highest BCUT2D eigenvalue weighted by molar-refractivity contribution is 7.98. The van der Waals surface area contributed by atoms with Crippen LogP contribution in [-0.2, 0) is 0 Å². The van der Waals surface area contributed by atoms with E-state index in [-0.39, 0.29) is 17.9 Å². The van der Waals surface area contributed by atoms with Crippen molar-refractivity contribution < 1.29 is 13.6 Å². The number of amides is 1. The molecular formula is C19H19F2NOS. The first-order valence-electron chi connectivity index (χ1n) is 7.99. The van der Waals surface area contributed by atoms with Crippen molar-refractivity contribution in [3.63, 3.8) is 0 Å². The third-order valence-electron chi connectivity index (χ3n) is 4.56. The molecule has 0 unspecified atom stereocenters. The molecule has 2 aromatic carbocycles. The van der Waals surface area contributed by atoms with Crippen LogP contribution in [0.5, 0.6) is 0 Å². The minimum absolute atomic E-state index is 0.0190. The second-order valence-corrected chi connectivity index (χ2v) is 6.84. The zero-order valence-electron chi connectivity index (χ0n) is 13.4. The molecule has 0 radical (unpaired) electrons. The first-order valence-corrected chi connectivity index (χ1v) is 9.21. The fourth-order valence-electron chi connectivity index (χ4n) is 3.35. The largest absolute Gasteiger partial charge is 0.349 e. The van der Waals surface area contributed by atoms with Crippen molar-refractivity contribution in [1.82, 2.24) is 5.32 Å². The third-order valence-corrected chi connectivity index (χ3v) is 5.35. The summed E-state index contributed by atoms with van der Waals surface area (Å²) < 4.78 is 26.7. The van der Waals surface area contributed by atoms with Crippen molar-refractivity contribution in [2.75, 3.05) is 6.26 Å². The molecule has 0 heterocycles. The van der Waals surface area contributed by atoms with Crippen LogP contribution in [0.2, 0.25) is 0 Å². The van der Waals surface area contributed by atoms with Crippen molar-refractivity contribution in [2.24, 2.45) is 0 Å². The van der Waals surface area contributed by atoms with Gasteiger partial charge in [0.15, 0.2) is 11.6 Å². The standard InChI is InChI=1S/C19H19F2NOS/c1-24-18-8-3-2-5-14(18)19(23)22-17-7-4-6-13(17)12-9-10-15(20)16(21)11-12/h2-3,5,8-11,13,17H,4,6-7H2,1H3,(H,22,23)/t13-,17-/m1/s1. The normalized spacial score (nSPS) is 20.1. The van der Waals surface area contributed by atoms with Gasteiger partial charge in [0.2, 0.25) is 0 Å². The molecule has 2 nitrogen and oxygen atoms in total. The molecule has 2 aromatic rings. The number of hydrogen-bond donors (Lipinski definition) is 1. The van der Waals surface area contributed by atoms with E-state index in [1.54, 1.807) is 6.07 Å². The molecule has 2 atom stereocenters. The number of thioether (sulfide) groups is 1. The molecule has 0 saturated heterocycles. The second kappa shape index (κ2) is 7.34. The van der Waals surface area contributed by atoms with E-state index in [0.717, 1.165) is 35.8 Å². The van der Waals surface area contributed by atoms with Crippen LogP contribution in [-0.4, -0.2) is 18.2 Å². The monoisotopic (exact) mass is 347 g/mol. The molecule has 0 bridgehead atoms. The SMILES string of the molecule is CSc1ccccc1C(=O)N[C@@H]1CCC[C@@H]1c1ccc(F)c(F)c1. The van der Waals surface area contributed by atoms with Crippen molar-refractivity contribution in [3.05, 3.63) is 65.2 Å². The Bertz CT molecular complexity index is 750. The third kappa shape index (κ3) is 3.46. The number of hydrogen-bond acceptors (Lipinski definition) is 2. The number of carbonyl (C=O) groups is 1. The van der Waals surface area contributed by atoms with Crippen LogP contribution in [0.1, 0.15) is 41.1 Å². The highest BCUT2D eigenvalue weighted by Crippen LogP contribution is 2.35. The van der Waals surface area contributed by atoms with Gasteiger partial charge in [-0.05, 0) is 48.9 Å². The average Bonchev–Trinajstić information content (AvgIpc) is 3.05. The van der Waals surface area contributed by atoms with E-state index in [1.807, 2.05) is 30.5 Å². The molecule has 1 amide bonds. The van der Waals surface area contributed by atoms with E-state index in [0.29, 0.717) is 5.56 Å². The average molecular weight is 347 g/mol. The molecule has 1 N–H and O–H groups in total. The Morgan fingerprint density at radius 3 is 2.67 bits per heavy atom. The molecule has 1 aliphatic rings. The fourth-order valence-corrected chi connectivity index (χ4v) is 3.95. The number of carbonyl (C=O) groups excluding carboxylic acids is 1. The van der Waals surface area contributed by atoms with Crippen LogP contribution in [0.15, 0.2) is 47.4 Å². The molecule has 0 aromatic heterocycles. The maximum absolute atomic E-state index is 13.5. The minimum Gasteiger partial charge on any atom is -0.349 e. The van der Waals surface area contributed by atoms with Gasteiger partial charge in [0, 0.05) is 16.9 Å². The zero-order chi connectivity index (χ0) is 17.1. The van der Waals surface area contributed by atoms with E-state index in [4.69, 9.17) is 0 Å². The summed E-state index contributed by atoms with van der Waals surface area (Å²) in [5.41, 5.74) is 1.40. The smallest absolute Gasteiger partial charge is 0.252 e. The summed E-state index contributed by atoms with van der Waals surface area (Å²) in [6, 6.07) is 11.4. The van der Waals surface area contributed by atoms with E-state index in [9.17, 15) is 13.6 Å². The summed E-state index contributed by atoms with van der Waals surface area (Å²) in [5, 5.41) is 3.08. The number of nitrogens with one attached hydrogen (secondary N) is 1. The van der Waals surface area contributed by atoms with Gasteiger partial charge >= 0.3 is 0 Å². The van der Waals surface area contributed by atoms with Crippen LogP contribution >= 0.6 is 11.8 Å². The number of benzene rings is 2. The van der Waals surface area contributed by atoms with Gasteiger partial charge in [0.05, 0.1) is 5.56 Å². The molecule has 1 aliphatic carbocycles. The summed E-state index contributed by atoms with van der Waals surface area (Å²) in [6.07, 6.45) is 4.60.